The van der Waals surface area contributed by atoms with Gasteiger partial charge in [0, 0.05) is 19.2 Å². The molecular formula is C17H19NO2. The van der Waals surface area contributed by atoms with E-state index >= 15 is 0 Å². The fraction of sp³-hybridized carbons (Fsp3) is 0.235. The normalized spacial score (nSPS) is 10.2. The molecule has 1 amide bonds. The van der Waals surface area contributed by atoms with Crippen LogP contribution in [0.2, 0.25) is 0 Å². The van der Waals surface area contributed by atoms with Crippen molar-refractivity contribution in [3.8, 4) is 5.75 Å². The van der Waals surface area contributed by atoms with Gasteiger partial charge in [-0.25, -0.2) is 0 Å². The average molecular weight is 269 g/mol. The minimum atomic E-state index is 0.0211. The average Bonchev–Trinajstić information content (AvgIpc) is 2.47. The molecule has 0 aromatic heterocycles. The first-order chi connectivity index (χ1) is 9.60. The molecule has 0 saturated carbocycles. The molecule has 0 heterocycles. The molecule has 0 N–H and O–H groups in total. The lowest BCUT2D eigenvalue weighted by Gasteiger charge is -2.18. The van der Waals surface area contributed by atoms with Gasteiger partial charge in [-0.3, -0.25) is 4.79 Å². The lowest BCUT2D eigenvalue weighted by Crippen LogP contribution is -2.26. The molecule has 0 atom stereocenters. The molecule has 0 bridgehead atoms. The summed E-state index contributed by atoms with van der Waals surface area (Å²) in [6.07, 6.45) is 0. The van der Waals surface area contributed by atoms with Crippen LogP contribution < -0.4 is 4.74 Å². The third-order valence-corrected chi connectivity index (χ3v) is 3.20. The number of amides is 1. The number of carbonyl (C=O) groups is 1. The second-order valence-electron chi connectivity index (χ2n) is 4.88. The molecule has 2 aromatic rings. The van der Waals surface area contributed by atoms with Gasteiger partial charge < -0.3 is 9.64 Å². The van der Waals surface area contributed by atoms with Crippen LogP contribution >= 0.6 is 0 Å². The molecule has 2 aromatic carbocycles. The standard InChI is InChI=1S/C17H19NO2/c1-13-7-9-15(10-8-13)17(19)18(2)12-14-5-4-6-16(11-14)20-3/h4-11H,12H2,1-3H3. The summed E-state index contributed by atoms with van der Waals surface area (Å²) in [6.45, 7) is 2.57. The van der Waals surface area contributed by atoms with E-state index in [-0.39, 0.29) is 5.91 Å². The quantitative estimate of drug-likeness (QED) is 0.852. The van der Waals surface area contributed by atoms with Gasteiger partial charge in [-0.15, -0.1) is 0 Å². The van der Waals surface area contributed by atoms with E-state index < -0.39 is 0 Å². The topological polar surface area (TPSA) is 29.5 Å². The molecule has 0 saturated heterocycles. The number of benzene rings is 2. The van der Waals surface area contributed by atoms with Crippen LogP contribution in [0.5, 0.6) is 5.75 Å². The van der Waals surface area contributed by atoms with Crippen molar-refractivity contribution < 1.29 is 9.53 Å². The summed E-state index contributed by atoms with van der Waals surface area (Å²) in [6, 6.07) is 15.4. The molecule has 0 aliphatic carbocycles. The van der Waals surface area contributed by atoms with Crippen LogP contribution in [0.1, 0.15) is 21.5 Å². The number of rotatable bonds is 4. The molecule has 3 nitrogen and oxygen atoms in total. The van der Waals surface area contributed by atoms with Crippen molar-refractivity contribution in [2.24, 2.45) is 0 Å². The van der Waals surface area contributed by atoms with Gasteiger partial charge in [0.1, 0.15) is 5.75 Å². The van der Waals surface area contributed by atoms with Crippen molar-refractivity contribution in [2.75, 3.05) is 14.2 Å². The van der Waals surface area contributed by atoms with Gasteiger partial charge in [-0.2, -0.15) is 0 Å². The van der Waals surface area contributed by atoms with Crippen LogP contribution in [0.4, 0.5) is 0 Å². The molecule has 2 rings (SSSR count). The van der Waals surface area contributed by atoms with Crippen molar-refractivity contribution >= 4 is 5.91 Å². The predicted octanol–water partition coefficient (Wildman–Crippen LogP) is 3.28. The number of hydrogen-bond donors (Lipinski definition) is 0. The van der Waals surface area contributed by atoms with E-state index in [1.807, 2.05) is 62.5 Å². The SMILES string of the molecule is COc1cccc(CN(C)C(=O)c2ccc(C)cc2)c1. The fourth-order valence-corrected chi connectivity index (χ4v) is 2.03. The van der Waals surface area contributed by atoms with Crippen molar-refractivity contribution in [3.05, 3.63) is 65.2 Å². The second kappa shape index (κ2) is 6.24. The van der Waals surface area contributed by atoms with Crippen LogP contribution in [0.25, 0.3) is 0 Å². The zero-order chi connectivity index (χ0) is 14.5. The van der Waals surface area contributed by atoms with E-state index in [0.29, 0.717) is 12.1 Å². The van der Waals surface area contributed by atoms with E-state index in [2.05, 4.69) is 0 Å². The largest absolute Gasteiger partial charge is 0.497 e. The lowest BCUT2D eigenvalue weighted by atomic mass is 10.1. The Morgan fingerprint density at radius 1 is 1.15 bits per heavy atom. The van der Waals surface area contributed by atoms with Gasteiger partial charge in [0.15, 0.2) is 0 Å². The number of carbonyl (C=O) groups excluding carboxylic acids is 1. The summed E-state index contributed by atoms with van der Waals surface area (Å²) in [4.78, 5) is 14.0. The van der Waals surface area contributed by atoms with Crippen LogP contribution in [-0.2, 0) is 6.54 Å². The monoisotopic (exact) mass is 269 g/mol. The van der Waals surface area contributed by atoms with Gasteiger partial charge in [0.2, 0.25) is 0 Å². The molecule has 0 radical (unpaired) electrons. The van der Waals surface area contributed by atoms with E-state index in [9.17, 15) is 4.79 Å². The third kappa shape index (κ3) is 3.38. The number of nitrogens with zero attached hydrogens (tertiary/aromatic N) is 1. The Labute approximate surface area is 119 Å². The lowest BCUT2D eigenvalue weighted by molar-refractivity contribution is 0.0785. The van der Waals surface area contributed by atoms with E-state index in [1.165, 1.54) is 0 Å². The maximum absolute atomic E-state index is 12.3. The number of ether oxygens (including phenoxy) is 1. The highest BCUT2D eigenvalue weighted by molar-refractivity contribution is 5.94. The van der Waals surface area contributed by atoms with Gasteiger partial charge in [-0.1, -0.05) is 29.8 Å². The Morgan fingerprint density at radius 2 is 1.85 bits per heavy atom. The Hall–Kier alpha value is -2.29. The summed E-state index contributed by atoms with van der Waals surface area (Å²) < 4.78 is 5.19. The number of methoxy groups -OCH3 is 1. The maximum Gasteiger partial charge on any atom is 0.253 e. The first-order valence-corrected chi connectivity index (χ1v) is 6.55. The van der Waals surface area contributed by atoms with Crippen molar-refractivity contribution in [1.29, 1.82) is 0 Å². The molecule has 20 heavy (non-hydrogen) atoms. The van der Waals surface area contributed by atoms with E-state index in [4.69, 9.17) is 4.74 Å². The van der Waals surface area contributed by atoms with Crippen LogP contribution in [0.15, 0.2) is 48.5 Å². The molecule has 0 fully saturated rings. The number of aryl methyl sites for hydroxylation is 1. The smallest absolute Gasteiger partial charge is 0.253 e. The molecule has 0 unspecified atom stereocenters. The Bertz CT molecular complexity index is 590. The zero-order valence-corrected chi connectivity index (χ0v) is 12.1. The van der Waals surface area contributed by atoms with Gasteiger partial charge in [0.05, 0.1) is 7.11 Å². The minimum absolute atomic E-state index is 0.0211. The molecular weight excluding hydrogens is 250 g/mol. The first kappa shape index (κ1) is 14.1. The summed E-state index contributed by atoms with van der Waals surface area (Å²) in [5.41, 5.74) is 2.91. The number of hydrogen-bond acceptors (Lipinski definition) is 2. The Balaban J connectivity index is 2.09. The molecule has 104 valence electrons. The molecule has 0 spiro atoms. The highest BCUT2D eigenvalue weighted by atomic mass is 16.5. The molecule has 3 heteroatoms. The van der Waals surface area contributed by atoms with Gasteiger partial charge >= 0.3 is 0 Å². The van der Waals surface area contributed by atoms with Crippen molar-refractivity contribution in [3.63, 3.8) is 0 Å². The first-order valence-electron chi connectivity index (χ1n) is 6.55. The van der Waals surface area contributed by atoms with Crippen LogP contribution in [0.3, 0.4) is 0 Å². The summed E-state index contributed by atoms with van der Waals surface area (Å²) in [5.74, 6) is 0.825. The summed E-state index contributed by atoms with van der Waals surface area (Å²) >= 11 is 0. The van der Waals surface area contributed by atoms with Crippen molar-refractivity contribution in [1.82, 2.24) is 4.90 Å². The highest BCUT2D eigenvalue weighted by Crippen LogP contribution is 2.15. The summed E-state index contributed by atoms with van der Waals surface area (Å²) in [7, 11) is 3.45. The van der Waals surface area contributed by atoms with Crippen LogP contribution in [-0.4, -0.2) is 25.0 Å². The van der Waals surface area contributed by atoms with E-state index in [1.54, 1.807) is 12.0 Å². The second-order valence-corrected chi connectivity index (χ2v) is 4.88. The fourth-order valence-electron chi connectivity index (χ4n) is 2.03. The van der Waals surface area contributed by atoms with Crippen molar-refractivity contribution in [2.45, 2.75) is 13.5 Å². The highest BCUT2D eigenvalue weighted by Gasteiger charge is 2.11. The molecule has 0 aliphatic heterocycles. The Morgan fingerprint density at radius 3 is 2.50 bits per heavy atom. The molecule has 0 aliphatic rings. The van der Waals surface area contributed by atoms with E-state index in [0.717, 1.165) is 16.9 Å². The van der Waals surface area contributed by atoms with Gasteiger partial charge in [-0.05, 0) is 36.8 Å². The maximum atomic E-state index is 12.3. The minimum Gasteiger partial charge on any atom is -0.497 e. The Kier molecular flexibility index (Phi) is 4.41. The van der Waals surface area contributed by atoms with Crippen LogP contribution in [0, 0.1) is 6.92 Å². The van der Waals surface area contributed by atoms with Gasteiger partial charge in [0.25, 0.3) is 5.91 Å². The zero-order valence-electron chi connectivity index (χ0n) is 12.1. The third-order valence-electron chi connectivity index (χ3n) is 3.20. The summed E-state index contributed by atoms with van der Waals surface area (Å²) in [5, 5.41) is 0. The predicted molar refractivity (Wildman–Crippen MR) is 80.0 cm³/mol.